The molecule has 0 radical (unpaired) electrons. The molecule has 0 bridgehead atoms. The maximum atomic E-state index is 14.3. The Balaban J connectivity index is 1.78. The van der Waals surface area contributed by atoms with Gasteiger partial charge in [0, 0.05) is 20.0 Å². The highest BCUT2D eigenvalue weighted by Crippen LogP contribution is 2.26. The number of ether oxygens (including phenoxy) is 1. The Bertz CT molecular complexity index is 1590. The molecule has 4 rings (SSSR count). The number of amides is 2. The molecule has 0 spiro atoms. The second-order valence-electron chi connectivity index (χ2n) is 9.85. The Hall–Kier alpha value is -4.63. The third-order valence-corrected chi connectivity index (χ3v) is 8.72. The molecule has 0 heterocycles. The zero-order valence-corrected chi connectivity index (χ0v) is 24.8. The molecule has 0 aliphatic rings. The first-order valence-corrected chi connectivity index (χ1v) is 15.0. The lowest BCUT2D eigenvalue weighted by Crippen LogP contribution is -2.53. The van der Waals surface area contributed by atoms with Gasteiger partial charge in [-0.15, -0.1) is 0 Å². The van der Waals surface area contributed by atoms with E-state index in [0.29, 0.717) is 11.4 Å². The number of hydrogen-bond donors (Lipinski definition) is 1. The Morgan fingerprint density at radius 1 is 0.833 bits per heavy atom. The second-order valence-corrected chi connectivity index (χ2v) is 11.7. The molecule has 2 amide bonds. The van der Waals surface area contributed by atoms with Crippen molar-refractivity contribution in [3.05, 3.63) is 126 Å². The van der Waals surface area contributed by atoms with Gasteiger partial charge in [0.2, 0.25) is 11.8 Å². The van der Waals surface area contributed by atoms with Crippen LogP contribution < -0.4 is 14.4 Å². The van der Waals surface area contributed by atoms with Gasteiger partial charge in [-0.05, 0) is 54.4 Å². The molecule has 0 saturated carbocycles. The largest absolute Gasteiger partial charge is 0.497 e. The Kier molecular flexibility index (Phi) is 9.98. The Morgan fingerprint density at radius 2 is 1.45 bits per heavy atom. The topological polar surface area (TPSA) is 96.0 Å². The molecule has 4 aromatic rings. The van der Waals surface area contributed by atoms with Gasteiger partial charge < -0.3 is 15.0 Å². The smallest absolute Gasteiger partial charge is 0.264 e. The van der Waals surface area contributed by atoms with Crippen molar-refractivity contribution >= 4 is 27.5 Å². The van der Waals surface area contributed by atoms with Gasteiger partial charge in [0.25, 0.3) is 10.0 Å². The maximum absolute atomic E-state index is 14.3. The monoisotopic (exact) mass is 585 g/mol. The number of hydrogen-bond acceptors (Lipinski definition) is 5. The summed E-state index contributed by atoms with van der Waals surface area (Å²) in [6.07, 6.45) is 0.242. The summed E-state index contributed by atoms with van der Waals surface area (Å²) in [7, 11) is -1.05. The summed E-state index contributed by atoms with van der Waals surface area (Å²) in [5, 5.41) is 2.69. The fourth-order valence-electron chi connectivity index (χ4n) is 4.65. The van der Waals surface area contributed by atoms with E-state index in [1.165, 1.54) is 24.1 Å². The van der Waals surface area contributed by atoms with Gasteiger partial charge >= 0.3 is 0 Å². The molecule has 218 valence electrons. The molecule has 42 heavy (non-hydrogen) atoms. The number of benzene rings is 4. The standard InChI is InChI=1S/C33H35N3O5S/c1-25-17-19-28(20-18-25)36(42(39,40)30-15-8-5-9-16-30)24-32(37)35(23-27-13-10-14-29(21-27)41-3)31(33(38)34-2)22-26-11-6-4-7-12-26/h4-21,31H,22-24H2,1-3H3,(H,34,38). The number of anilines is 1. The molecule has 0 saturated heterocycles. The summed E-state index contributed by atoms with van der Waals surface area (Å²) in [6.45, 7) is 1.46. The van der Waals surface area contributed by atoms with Crippen molar-refractivity contribution in [2.75, 3.05) is 25.0 Å². The summed E-state index contributed by atoms with van der Waals surface area (Å²) in [6, 6.07) is 30.7. The first-order valence-electron chi connectivity index (χ1n) is 13.6. The van der Waals surface area contributed by atoms with Crippen molar-refractivity contribution in [3.63, 3.8) is 0 Å². The number of methoxy groups -OCH3 is 1. The van der Waals surface area contributed by atoms with Crippen molar-refractivity contribution in [2.45, 2.75) is 30.8 Å². The molecule has 0 fully saturated rings. The highest BCUT2D eigenvalue weighted by atomic mass is 32.2. The molecule has 1 unspecified atom stereocenters. The first-order chi connectivity index (χ1) is 20.2. The summed E-state index contributed by atoms with van der Waals surface area (Å²) in [4.78, 5) is 29.1. The molecule has 4 aromatic carbocycles. The van der Waals surface area contributed by atoms with Crippen LogP contribution in [0.2, 0.25) is 0 Å². The van der Waals surface area contributed by atoms with Crippen molar-refractivity contribution in [1.82, 2.24) is 10.2 Å². The van der Waals surface area contributed by atoms with Crippen molar-refractivity contribution < 1.29 is 22.7 Å². The minimum absolute atomic E-state index is 0.0601. The third-order valence-electron chi connectivity index (χ3n) is 6.94. The van der Waals surface area contributed by atoms with E-state index in [-0.39, 0.29) is 23.8 Å². The highest BCUT2D eigenvalue weighted by Gasteiger charge is 2.34. The van der Waals surface area contributed by atoms with Crippen LogP contribution in [0.1, 0.15) is 16.7 Å². The number of likely N-dealkylation sites (N-methyl/N-ethyl adjacent to an activating group) is 1. The van der Waals surface area contributed by atoms with Gasteiger partial charge in [0.05, 0.1) is 17.7 Å². The van der Waals surface area contributed by atoms with Crippen molar-refractivity contribution in [1.29, 1.82) is 0 Å². The van der Waals surface area contributed by atoms with Crippen LogP contribution in [0.15, 0.2) is 114 Å². The average Bonchev–Trinajstić information content (AvgIpc) is 3.02. The van der Waals surface area contributed by atoms with Crippen LogP contribution in [0.25, 0.3) is 0 Å². The summed E-state index contributed by atoms with van der Waals surface area (Å²) in [5.41, 5.74) is 2.89. The molecule has 9 heteroatoms. The predicted molar refractivity (Wildman–Crippen MR) is 164 cm³/mol. The van der Waals surface area contributed by atoms with Gasteiger partial charge in [-0.1, -0.05) is 78.4 Å². The fourth-order valence-corrected chi connectivity index (χ4v) is 6.08. The normalized spacial score (nSPS) is 11.8. The van der Waals surface area contributed by atoms with Crippen molar-refractivity contribution in [2.24, 2.45) is 0 Å². The van der Waals surface area contributed by atoms with Crippen LogP contribution in [0.4, 0.5) is 5.69 Å². The van der Waals surface area contributed by atoms with E-state index in [1.807, 2.05) is 43.3 Å². The van der Waals surface area contributed by atoms with E-state index in [4.69, 9.17) is 4.74 Å². The zero-order valence-electron chi connectivity index (χ0n) is 23.9. The number of aryl methyl sites for hydroxylation is 1. The first kappa shape index (κ1) is 30.3. The summed E-state index contributed by atoms with van der Waals surface area (Å²) < 4.78 is 34.3. The minimum Gasteiger partial charge on any atom is -0.497 e. The van der Waals surface area contributed by atoms with E-state index >= 15 is 0 Å². The van der Waals surface area contributed by atoms with Gasteiger partial charge in [0.15, 0.2) is 0 Å². The van der Waals surface area contributed by atoms with Crippen LogP contribution in [0.3, 0.4) is 0 Å². The Morgan fingerprint density at radius 3 is 2.07 bits per heavy atom. The molecular weight excluding hydrogens is 550 g/mol. The molecule has 1 N–H and O–H groups in total. The predicted octanol–water partition coefficient (Wildman–Crippen LogP) is 4.59. The molecule has 1 atom stereocenters. The van der Waals surface area contributed by atoms with Gasteiger partial charge in [-0.25, -0.2) is 8.42 Å². The Labute approximate surface area is 247 Å². The fraction of sp³-hybridized carbons (Fsp3) is 0.212. The number of carbonyl (C=O) groups excluding carboxylic acids is 2. The SMILES string of the molecule is CNC(=O)C(Cc1ccccc1)N(Cc1cccc(OC)c1)C(=O)CN(c1ccc(C)cc1)S(=O)(=O)c1ccccc1. The summed E-state index contributed by atoms with van der Waals surface area (Å²) in [5.74, 6) is -0.280. The quantitative estimate of drug-likeness (QED) is 0.263. The number of sulfonamides is 1. The van der Waals surface area contributed by atoms with E-state index in [0.717, 1.165) is 21.0 Å². The van der Waals surface area contributed by atoms with Crippen LogP contribution in [-0.4, -0.2) is 51.9 Å². The second kappa shape index (κ2) is 13.8. The maximum Gasteiger partial charge on any atom is 0.264 e. The van der Waals surface area contributed by atoms with Gasteiger partial charge in [0.1, 0.15) is 18.3 Å². The van der Waals surface area contributed by atoms with E-state index in [2.05, 4.69) is 5.32 Å². The van der Waals surface area contributed by atoms with Crippen LogP contribution in [-0.2, 0) is 32.6 Å². The third kappa shape index (κ3) is 7.36. The lowest BCUT2D eigenvalue weighted by atomic mass is 10.0. The summed E-state index contributed by atoms with van der Waals surface area (Å²) >= 11 is 0. The number of nitrogens with zero attached hydrogens (tertiary/aromatic N) is 2. The number of rotatable bonds is 12. The number of nitrogens with one attached hydrogen (secondary N) is 1. The zero-order chi connectivity index (χ0) is 30.1. The van der Waals surface area contributed by atoms with Crippen molar-refractivity contribution in [3.8, 4) is 5.75 Å². The lowest BCUT2D eigenvalue weighted by molar-refractivity contribution is -0.139. The number of carbonyl (C=O) groups is 2. The van der Waals surface area contributed by atoms with Crippen LogP contribution in [0.5, 0.6) is 5.75 Å². The molecule has 0 aliphatic carbocycles. The molecular formula is C33H35N3O5S. The van der Waals surface area contributed by atoms with Crippen LogP contribution in [0, 0.1) is 6.92 Å². The van der Waals surface area contributed by atoms with E-state index in [1.54, 1.807) is 67.8 Å². The highest BCUT2D eigenvalue weighted by molar-refractivity contribution is 7.92. The molecule has 0 aliphatic heterocycles. The average molecular weight is 586 g/mol. The minimum atomic E-state index is -4.12. The van der Waals surface area contributed by atoms with Crippen LogP contribution >= 0.6 is 0 Å². The van der Waals surface area contributed by atoms with E-state index in [9.17, 15) is 18.0 Å². The van der Waals surface area contributed by atoms with E-state index < -0.39 is 28.5 Å². The van der Waals surface area contributed by atoms with Gasteiger partial charge in [-0.2, -0.15) is 0 Å². The molecule has 8 nitrogen and oxygen atoms in total. The molecule has 0 aromatic heterocycles. The lowest BCUT2D eigenvalue weighted by Gasteiger charge is -2.33. The van der Waals surface area contributed by atoms with Gasteiger partial charge in [-0.3, -0.25) is 13.9 Å².